The third kappa shape index (κ3) is 2.53. The van der Waals surface area contributed by atoms with E-state index >= 15 is 0 Å². The fraction of sp³-hybridized carbons (Fsp3) is 0.308. The Kier molecular flexibility index (Phi) is 3.24. The molecule has 0 bridgehead atoms. The standard InChI is InChI=1S/C13H14FNO2/c1-8(7-15)4-11(16)13-6-9-5-10(14)2-3-12(9)17-13/h2-3,5-6,8H,4,7,15H2,1H3. The summed E-state index contributed by atoms with van der Waals surface area (Å²) in [5.41, 5.74) is 5.98. The molecular formula is C13H14FNO2. The molecule has 0 radical (unpaired) electrons. The van der Waals surface area contributed by atoms with E-state index in [1.165, 1.54) is 18.2 Å². The number of rotatable bonds is 4. The number of benzene rings is 1. The van der Waals surface area contributed by atoms with Crippen molar-refractivity contribution in [2.45, 2.75) is 13.3 Å². The number of ketones is 1. The van der Waals surface area contributed by atoms with Crippen LogP contribution >= 0.6 is 0 Å². The van der Waals surface area contributed by atoms with E-state index in [1.807, 2.05) is 6.92 Å². The van der Waals surface area contributed by atoms with Crippen molar-refractivity contribution in [3.63, 3.8) is 0 Å². The van der Waals surface area contributed by atoms with Crippen LogP contribution in [0.3, 0.4) is 0 Å². The summed E-state index contributed by atoms with van der Waals surface area (Å²) >= 11 is 0. The maximum atomic E-state index is 13.0. The monoisotopic (exact) mass is 235 g/mol. The van der Waals surface area contributed by atoms with Crippen LogP contribution in [-0.2, 0) is 0 Å². The Balaban J connectivity index is 2.27. The zero-order valence-electron chi connectivity index (χ0n) is 9.57. The minimum atomic E-state index is -0.340. The van der Waals surface area contributed by atoms with E-state index in [4.69, 9.17) is 10.2 Å². The van der Waals surface area contributed by atoms with Gasteiger partial charge < -0.3 is 10.2 Å². The molecule has 3 nitrogen and oxygen atoms in total. The molecule has 17 heavy (non-hydrogen) atoms. The van der Waals surface area contributed by atoms with Crippen LogP contribution in [0, 0.1) is 11.7 Å². The predicted octanol–water partition coefficient (Wildman–Crippen LogP) is 2.74. The molecule has 1 aromatic heterocycles. The van der Waals surface area contributed by atoms with E-state index in [9.17, 15) is 9.18 Å². The molecule has 0 aliphatic heterocycles. The molecule has 0 aliphatic rings. The Morgan fingerprint density at radius 2 is 2.24 bits per heavy atom. The summed E-state index contributed by atoms with van der Waals surface area (Å²) in [6, 6.07) is 5.75. The number of carbonyl (C=O) groups is 1. The summed E-state index contributed by atoms with van der Waals surface area (Å²) in [7, 11) is 0. The summed E-state index contributed by atoms with van der Waals surface area (Å²) < 4.78 is 18.3. The van der Waals surface area contributed by atoms with Crippen LogP contribution in [0.15, 0.2) is 28.7 Å². The molecule has 0 saturated carbocycles. The lowest BCUT2D eigenvalue weighted by molar-refractivity contribution is 0.0941. The SMILES string of the molecule is CC(CN)CC(=O)c1cc2cc(F)ccc2o1. The Morgan fingerprint density at radius 1 is 1.47 bits per heavy atom. The molecule has 0 spiro atoms. The summed E-state index contributed by atoms with van der Waals surface area (Å²) in [5, 5.41) is 0.605. The van der Waals surface area contributed by atoms with E-state index < -0.39 is 0 Å². The van der Waals surface area contributed by atoms with Crippen molar-refractivity contribution in [3.8, 4) is 0 Å². The van der Waals surface area contributed by atoms with Crippen molar-refractivity contribution in [1.29, 1.82) is 0 Å². The van der Waals surface area contributed by atoms with Gasteiger partial charge in [0.2, 0.25) is 0 Å². The van der Waals surface area contributed by atoms with Crippen molar-refractivity contribution in [3.05, 3.63) is 35.8 Å². The molecule has 1 aromatic carbocycles. The first-order valence-corrected chi connectivity index (χ1v) is 5.52. The third-order valence-electron chi connectivity index (χ3n) is 2.69. The molecular weight excluding hydrogens is 221 g/mol. The van der Waals surface area contributed by atoms with Crippen LogP contribution in [0.25, 0.3) is 11.0 Å². The second-order valence-electron chi connectivity index (χ2n) is 4.26. The number of hydrogen-bond acceptors (Lipinski definition) is 3. The van der Waals surface area contributed by atoms with Crippen LogP contribution in [0.5, 0.6) is 0 Å². The molecule has 0 amide bonds. The molecule has 1 unspecified atom stereocenters. The summed E-state index contributed by atoms with van der Waals surface area (Å²) in [5.74, 6) is -0.0504. The van der Waals surface area contributed by atoms with Gasteiger partial charge in [-0.2, -0.15) is 0 Å². The van der Waals surface area contributed by atoms with Crippen LogP contribution in [0.2, 0.25) is 0 Å². The number of halogens is 1. The lowest BCUT2D eigenvalue weighted by atomic mass is 10.0. The highest BCUT2D eigenvalue weighted by Crippen LogP contribution is 2.22. The summed E-state index contributed by atoms with van der Waals surface area (Å²) in [6.45, 7) is 2.36. The normalized spacial score (nSPS) is 12.9. The van der Waals surface area contributed by atoms with Crippen LogP contribution in [0.1, 0.15) is 23.9 Å². The quantitative estimate of drug-likeness (QED) is 0.829. The lowest BCUT2D eigenvalue weighted by Gasteiger charge is -2.04. The number of hydrogen-bond donors (Lipinski definition) is 1. The van der Waals surface area contributed by atoms with Gasteiger partial charge in [-0.15, -0.1) is 0 Å². The molecule has 1 atom stereocenters. The van der Waals surface area contributed by atoms with Gasteiger partial charge in [-0.05, 0) is 36.7 Å². The average Bonchev–Trinajstić information content (AvgIpc) is 2.71. The van der Waals surface area contributed by atoms with Crippen molar-refractivity contribution in [2.75, 3.05) is 6.54 Å². The minimum Gasteiger partial charge on any atom is -0.453 e. The first-order chi connectivity index (χ1) is 8.10. The van der Waals surface area contributed by atoms with Crippen LogP contribution in [-0.4, -0.2) is 12.3 Å². The maximum Gasteiger partial charge on any atom is 0.198 e. The zero-order valence-corrected chi connectivity index (χ0v) is 9.57. The number of carbonyl (C=O) groups excluding carboxylic acids is 1. The lowest BCUT2D eigenvalue weighted by Crippen LogP contribution is -2.14. The highest BCUT2D eigenvalue weighted by Gasteiger charge is 2.15. The Morgan fingerprint density at radius 3 is 2.94 bits per heavy atom. The molecule has 2 N–H and O–H groups in total. The first-order valence-electron chi connectivity index (χ1n) is 5.52. The van der Waals surface area contributed by atoms with Crippen molar-refractivity contribution >= 4 is 16.8 Å². The molecule has 2 rings (SSSR count). The second kappa shape index (κ2) is 4.67. The Hall–Kier alpha value is -1.68. The Bertz CT molecular complexity index is 547. The fourth-order valence-corrected chi connectivity index (χ4v) is 1.65. The largest absolute Gasteiger partial charge is 0.453 e. The molecule has 90 valence electrons. The second-order valence-corrected chi connectivity index (χ2v) is 4.26. The van der Waals surface area contributed by atoms with E-state index in [-0.39, 0.29) is 23.3 Å². The molecule has 0 saturated heterocycles. The highest BCUT2D eigenvalue weighted by molar-refractivity contribution is 5.97. The minimum absolute atomic E-state index is 0.0976. The number of furan rings is 1. The van der Waals surface area contributed by atoms with Crippen LogP contribution < -0.4 is 5.73 Å². The van der Waals surface area contributed by atoms with Gasteiger partial charge in [-0.1, -0.05) is 6.92 Å². The maximum absolute atomic E-state index is 13.0. The van der Waals surface area contributed by atoms with Gasteiger partial charge in [-0.25, -0.2) is 4.39 Å². The highest BCUT2D eigenvalue weighted by atomic mass is 19.1. The Labute approximate surface area is 98.4 Å². The van der Waals surface area contributed by atoms with E-state index in [2.05, 4.69) is 0 Å². The van der Waals surface area contributed by atoms with Crippen molar-refractivity contribution < 1.29 is 13.6 Å². The predicted molar refractivity (Wildman–Crippen MR) is 63.3 cm³/mol. The van der Waals surface area contributed by atoms with E-state index in [0.717, 1.165) is 0 Å². The summed E-state index contributed by atoms with van der Waals surface area (Å²) in [4.78, 5) is 11.8. The summed E-state index contributed by atoms with van der Waals surface area (Å²) in [6.07, 6.45) is 0.346. The van der Waals surface area contributed by atoms with Gasteiger partial charge in [0, 0.05) is 11.8 Å². The van der Waals surface area contributed by atoms with Gasteiger partial charge in [0.15, 0.2) is 11.5 Å². The van der Waals surface area contributed by atoms with Gasteiger partial charge >= 0.3 is 0 Å². The topological polar surface area (TPSA) is 56.2 Å². The molecule has 1 heterocycles. The van der Waals surface area contributed by atoms with Gasteiger partial charge in [0.25, 0.3) is 0 Å². The molecule has 4 heteroatoms. The van der Waals surface area contributed by atoms with E-state index in [0.29, 0.717) is 23.9 Å². The van der Waals surface area contributed by atoms with Gasteiger partial charge in [0.1, 0.15) is 11.4 Å². The van der Waals surface area contributed by atoms with Gasteiger partial charge in [-0.3, -0.25) is 4.79 Å². The molecule has 2 aromatic rings. The number of Topliss-reactive ketones (excluding diaryl/α,β-unsaturated/α-hetero) is 1. The van der Waals surface area contributed by atoms with E-state index in [1.54, 1.807) is 6.07 Å². The van der Waals surface area contributed by atoms with Crippen LogP contribution in [0.4, 0.5) is 4.39 Å². The van der Waals surface area contributed by atoms with Gasteiger partial charge in [0.05, 0.1) is 0 Å². The first kappa shape index (κ1) is 11.8. The number of nitrogens with two attached hydrogens (primary N) is 1. The smallest absolute Gasteiger partial charge is 0.198 e. The third-order valence-corrected chi connectivity index (χ3v) is 2.69. The molecule has 0 aliphatic carbocycles. The van der Waals surface area contributed by atoms with Crippen molar-refractivity contribution in [1.82, 2.24) is 0 Å². The number of fused-ring (bicyclic) bond motifs is 1. The fourth-order valence-electron chi connectivity index (χ4n) is 1.65. The average molecular weight is 235 g/mol. The zero-order chi connectivity index (χ0) is 12.4. The van der Waals surface area contributed by atoms with Crippen molar-refractivity contribution in [2.24, 2.45) is 11.7 Å². The molecule has 0 fully saturated rings.